The molecule has 0 N–H and O–H groups in total. The van der Waals surface area contributed by atoms with Crippen molar-refractivity contribution >= 4 is 17.1 Å². The molecule has 1 aliphatic rings. The smallest absolute Gasteiger partial charge is 0.149 e. The summed E-state index contributed by atoms with van der Waals surface area (Å²) in [5.41, 5.74) is 0. The SMILES string of the molecule is CN(CC(=O)C1CCCCC1)Cc1cccs1. The minimum Gasteiger partial charge on any atom is -0.298 e. The van der Waals surface area contributed by atoms with Crippen LogP contribution in [-0.4, -0.2) is 24.3 Å². The van der Waals surface area contributed by atoms with Crippen molar-refractivity contribution in [1.82, 2.24) is 4.90 Å². The summed E-state index contributed by atoms with van der Waals surface area (Å²) in [7, 11) is 2.04. The standard InChI is InChI=1S/C14H21NOS/c1-15(10-13-8-5-9-17-13)11-14(16)12-6-3-2-4-7-12/h5,8-9,12H,2-4,6-7,10-11H2,1H3. The van der Waals surface area contributed by atoms with Crippen molar-refractivity contribution in [2.75, 3.05) is 13.6 Å². The second kappa shape index (κ2) is 6.31. The summed E-state index contributed by atoms with van der Waals surface area (Å²) in [5, 5.41) is 2.09. The van der Waals surface area contributed by atoms with Gasteiger partial charge < -0.3 is 0 Å². The molecule has 0 atom stereocenters. The van der Waals surface area contributed by atoms with Gasteiger partial charge in [-0.25, -0.2) is 0 Å². The first-order valence-corrected chi connectivity index (χ1v) is 7.37. The van der Waals surface area contributed by atoms with Crippen LogP contribution in [0.25, 0.3) is 0 Å². The van der Waals surface area contributed by atoms with E-state index in [0.717, 1.165) is 19.4 Å². The van der Waals surface area contributed by atoms with Gasteiger partial charge in [0.2, 0.25) is 0 Å². The highest BCUT2D eigenvalue weighted by molar-refractivity contribution is 7.09. The first-order valence-electron chi connectivity index (χ1n) is 6.49. The van der Waals surface area contributed by atoms with Crippen LogP contribution in [0.3, 0.4) is 0 Å². The van der Waals surface area contributed by atoms with Crippen LogP contribution in [0.15, 0.2) is 17.5 Å². The topological polar surface area (TPSA) is 20.3 Å². The fourth-order valence-electron chi connectivity index (χ4n) is 2.54. The van der Waals surface area contributed by atoms with Crippen molar-refractivity contribution in [3.8, 4) is 0 Å². The van der Waals surface area contributed by atoms with Gasteiger partial charge in [0.25, 0.3) is 0 Å². The lowest BCUT2D eigenvalue weighted by Crippen LogP contribution is -2.30. The number of likely N-dealkylation sites (N-methyl/N-ethyl adjacent to an activating group) is 1. The molecule has 0 unspecified atom stereocenters. The third-order valence-electron chi connectivity index (χ3n) is 3.49. The summed E-state index contributed by atoms with van der Waals surface area (Å²) in [6.45, 7) is 1.51. The molecule has 17 heavy (non-hydrogen) atoms. The largest absolute Gasteiger partial charge is 0.298 e. The number of Topliss-reactive ketones (excluding diaryl/α,β-unsaturated/α-hetero) is 1. The first-order chi connectivity index (χ1) is 8.25. The zero-order valence-corrected chi connectivity index (χ0v) is 11.3. The van der Waals surface area contributed by atoms with Gasteiger partial charge in [-0.3, -0.25) is 9.69 Å². The first kappa shape index (κ1) is 12.8. The number of hydrogen-bond donors (Lipinski definition) is 0. The third-order valence-corrected chi connectivity index (χ3v) is 4.35. The molecule has 0 radical (unpaired) electrons. The van der Waals surface area contributed by atoms with Gasteiger partial charge in [-0.2, -0.15) is 0 Å². The number of nitrogens with zero attached hydrogens (tertiary/aromatic N) is 1. The van der Waals surface area contributed by atoms with Crippen molar-refractivity contribution < 1.29 is 4.79 Å². The van der Waals surface area contributed by atoms with E-state index >= 15 is 0 Å². The van der Waals surface area contributed by atoms with Crippen LogP contribution in [-0.2, 0) is 11.3 Å². The zero-order chi connectivity index (χ0) is 12.1. The van der Waals surface area contributed by atoms with Crippen LogP contribution in [0.4, 0.5) is 0 Å². The number of carbonyl (C=O) groups is 1. The highest BCUT2D eigenvalue weighted by Crippen LogP contribution is 2.24. The number of ketones is 1. The number of hydrogen-bond acceptors (Lipinski definition) is 3. The Morgan fingerprint density at radius 1 is 1.41 bits per heavy atom. The minimum atomic E-state index is 0.342. The maximum absolute atomic E-state index is 12.1. The Morgan fingerprint density at radius 2 is 2.18 bits per heavy atom. The lowest BCUT2D eigenvalue weighted by molar-refractivity contribution is -0.124. The van der Waals surface area contributed by atoms with Gasteiger partial charge in [0, 0.05) is 17.3 Å². The lowest BCUT2D eigenvalue weighted by atomic mass is 9.86. The summed E-state index contributed by atoms with van der Waals surface area (Å²) >= 11 is 1.76. The van der Waals surface area contributed by atoms with Crippen molar-refractivity contribution in [1.29, 1.82) is 0 Å². The van der Waals surface area contributed by atoms with Gasteiger partial charge in [-0.1, -0.05) is 25.3 Å². The Labute approximate surface area is 108 Å². The quantitative estimate of drug-likeness (QED) is 0.800. The molecule has 0 saturated heterocycles. The predicted molar refractivity (Wildman–Crippen MR) is 72.2 cm³/mol. The highest BCUT2D eigenvalue weighted by atomic mass is 32.1. The fourth-order valence-corrected chi connectivity index (χ4v) is 3.33. The van der Waals surface area contributed by atoms with Crippen molar-refractivity contribution in [2.24, 2.45) is 5.92 Å². The summed E-state index contributed by atoms with van der Waals surface area (Å²) in [5.74, 6) is 0.790. The number of rotatable bonds is 5. The second-order valence-electron chi connectivity index (χ2n) is 5.05. The molecule has 1 saturated carbocycles. The van der Waals surface area contributed by atoms with Crippen LogP contribution < -0.4 is 0 Å². The molecule has 94 valence electrons. The van der Waals surface area contributed by atoms with Crippen LogP contribution in [0.1, 0.15) is 37.0 Å². The Balaban J connectivity index is 1.77. The van der Waals surface area contributed by atoms with Gasteiger partial charge in [0.05, 0.1) is 6.54 Å². The van der Waals surface area contributed by atoms with Gasteiger partial charge in [-0.05, 0) is 31.3 Å². The summed E-state index contributed by atoms with van der Waals surface area (Å²) < 4.78 is 0. The zero-order valence-electron chi connectivity index (χ0n) is 10.5. The molecule has 2 rings (SSSR count). The number of thiophene rings is 1. The molecule has 1 heterocycles. The maximum Gasteiger partial charge on any atom is 0.149 e. The van der Waals surface area contributed by atoms with Crippen LogP contribution in [0.2, 0.25) is 0 Å². The lowest BCUT2D eigenvalue weighted by Gasteiger charge is -2.23. The minimum absolute atomic E-state index is 0.342. The van der Waals surface area contributed by atoms with E-state index in [1.165, 1.54) is 24.1 Å². The molecular formula is C14H21NOS. The maximum atomic E-state index is 12.1. The van der Waals surface area contributed by atoms with E-state index in [2.05, 4.69) is 22.4 Å². The molecule has 0 aliphatic heterocycles. The molecule has 0 bridgehead atoms. The second-order valence-corrected chi connectivity index (χ2v) is 6.09. The van der Waals surface area contributed by atoms with E-state index in [4.69, 9.17) is 0 Å². The molecule has 1 fully saturated rings. The molecule has 1 aliphatic carbocycles. The average molecular weight is 251 g/mol. The van der Waals surface area contributed by atoms with Crippen molar-refractivity contribution in [3.63, 3.8) is 0 Å². The molecule has 2 nitrogen and oxygen atoms in total. The molecule has 3 heteroatoms. The fraction of sp³-hybridized carbons (Fsp3) is 0.643. The van der Waals surface area contributed by atoms with E-state index in [0.29, 0.717) is 18.2 Å². The van der Waals surface area contributed by atoms with Crippen LogP contribution >= 0.6 is 11.3 Å². The van der Waals surface area contributed by atoms with Crippen LogP contribution in [0.5, 0.6) is 0 Å². The average Bonchev–Trinajstić information content (AvgIpc) is 2.82. The number of carbonyl (C=O) groups excluding carboxylic acids is 1. The van der Waals surface area contributed by atoms with Gasteiger partial charge in [0.15, 0.2) is 0 Å². The molecule has 1 aromatic heterocycles. The third kappa shape index (κ3) is 3.93. The van der Waals surface area contributed by atoms with Crippen molar-refractivity contribution in [3.05, 3.63) is 22.4 Å². The summed E-state index contributed by atoms with van der Waals surface area (Å²) in [4.78, 5) is 15.6. The van der Waals surface area contributed by atoms with E-state index in [-0.39, 0.29) is 0 Å². The Morgan fingerprint density at radius 3 is 2.82 bits per heavy atom. The summed E-state index contributed by atoms with van der Waals surface area (Å²) in [6.07, 6.45) is 6.03. The predicted octanol–water partition coefficient (Wildman–Crippen LogP) is 3.33. The normalized spacial score (nSPS) is 17.5. The Hall–Kier alpha value is -0.670. The Bertz CT molecular complexity index is 341. The highest BCUT2D eigenvalue weighted by Gasteiger charge is 2.21. The van der Waals surface area contributed by atoms with E-state index in [1.54, 1.807) is 11.3 Å². The van der Waals surface area contributed by atoms with Crippen LogP contribution in [0, 0.1) is 5.92 Å². The molecular weight excluding hydrogens is 230 g/mol. The van der Waals surface area contributed by atoms with Gasteiger partial charge in [-0.15, -0.1) is 11.3 Å². The van der Waals surface area contributed by atoms with E-state index in [1.807, 2.05) is 7.05 Å². The van der Waals surface area contributed by atoms with Gasteiger partial charge >= 0.3 is 0 Å². The molecule has 0 spiro atoms. The Kier molecular flexibility index (Phi) is 4.75. The van der Waals surface area contributed by atoms with E-state index < -0.39 is 0 Å². The molecule has 1 aromatic rings. The summed E-state index contributed by atoms with van der Waals surface area (Å²) in [6, 6.07) is 4.20. The molecule has 0 aromatic carbocycles. The molecule has 0 amide bonds. The monoisotopic (exact) mass is 251 g/mol. The van der Waals surface area contributed by atoms with Crippen molar-refractivity contribution in [2.45, 2.75) is 38.6 Å². The van der Waals surface area contributed by atoms with Gasteiger partial charge in [0.1, 0.15) is 5.78 Å². The van der Waals surface area contributed by atoms with E-state index in [9.17, 15) is 4.79 Å².